The van der Waals surface area contributed by atoms with E-state index in [1.165, 1.54) is 0 Å². The van der Waals surface area contributed by atoms with Crippen molar-refractivity contribution in [1.82, 2.24) is 4.98 Å². The van der Waals surface area contributed by atoms with E-state index in [9.17, 15) is 5.11 Å². The minimum absolute atomic E-state index is 0.251. The number of ether oxygens (including phenoxy) is 1. The van der Waals surface area contributed by atoms with Gasteiger partial charge in [-0.15, -0.1) is 0 Å². The number of hydrogen-bond donors (Lipinski definition) is 1. The molecule has 28 heavy (non-hydrogen) atoms. The second-order valence-corrected chi connectivity index (χ2v) is 6.78. The van der Waals surface area contributed by atoms with E-state index < -0.39 is 0 Å². The molecule has 0 spiro atoms. The normalized spacial score (nSPS) is 11.2. The Bertz CT molecular complexity index is 1140. The number of para-hydroxylation sites is 1. The largest absolute Gasteiger partial charge is 0.508 e. The zero-order valence-electron chi connectivity index (χ0n) is 15.0. The Balaban J connectivity index is 1.60. The number of rotatable bonds is 5. The fourth-order valence-electron chi connectivity index (χ4n) is 2.88. The third kappa shape index (κ3) is 4.16. The minimum atomic E-state index is 0.251. The molecule has 1 heterocycles. The number of halogens is 1. The van der Waals surface area contributed by atoms with E-state index in [1.54, 1.807) is 12.1 Å². The number of phenols is 1. The van der Waals surface area contributed by atoms with E-state index >= 15 is 0 Å². The Hall–Kier alpha value is -3.30. The van der Waals surface area contributed by atoms with Crippen LogP contribution in [0.1, 0.15) is 16.8 Å². The van der Waals surface area contributed by atoms with E-state index in [0.717, 1.165) is 33.5 Å². The molecule has 0 saturated heterocycles. The Morgan fingerprint density at radius 3 is 2.50 bits per heavy atom. The highest BCUT2D eigenvalue weighted by molar-refractivity contribution is 6.31. The van der Waals surface area contributed by atoms with Crippen LogP contribution in [0.25, 0.3) is 23.1 Å². The maximum atomic E-state index is 9.38. The Kier molecular flexibility index (Phi) is 5.27. The van der Waals surface area contributed by atoms with Gasteiger partial charge in [-0.1, -0.05) is 66.2 Å². The van der Waals surface area contributed by atoms with Gasteiger partial charge in [0.15, 0.2) is 0 Å². The molecule has 4 aromatic rings. The summed E-state index contributed by atoms with van der Waals surface area (Å²) in [6.45, 7) is 0.383. The van der Waals surface area contributed by atoms with Crippen LogP contribution in [-0.2, 0) is 6.61 Å². The topological polar surface area (TPSA) is 42.4 Å². The molecule has 0 amide bonds. The van der Waals surface area contributed by atoms with Crippen molar-refractivity contribution in [2.45, 2.75) is 6.61 Å². The molecule has 0 bridgehead atoms. The number of aromatic nitrogens is 1. The van der Waals surface area contributed by atoms with Crippen molar-refractivity contribution in [3.05, 3.63) is 101 Å². The number of aromatic hydroxyl groups is 1. The summed E-state index contributed by atoms with van der Waals surface area (Å²) < 4.78 is 6.02. The summed E-state index contributed by atoms with van der Waals surface area (Å²) in [5, 5.41) is 11.1. The first-order chi connectivity index (χ1) is 13.7. The molecule has 4 heteroatoms. The highest BCUT2D eigenvalue weighted by Crippen LogP contribution is 2.26. The van der Waals surface area contributed by atoms with E-state index in [4.69, 9.17) is 21.3 Å². The van der Waals surface area contributed by atoms with Crippen molar-refractivity contribution >= 4 is 34.7 Å². The lowest BCUT2D eigenvalue weighted by Gasteiger charge is -2.10. The van der Waals surface area contributed by atoms with Crippen molar-refractivity contribution in [3.63, 3.8) is 0 Å². The highest BCUT2D eigenvalue weighted by Gasteiger charge is 2.06. The van der Waals surface area contributed by atoms with Gasteiger partial charge in [-0.25, -0.2) is 4.98 Å². The summed E-state index contributed by atoms with van der Waals surface area (Å²) in [4.78, 5) is 4.75. The SMILES string of the molecule is Oc1ccc(C=Cc2ccc3cccc(OCc4ccccc4Cl)c3n2)cc1. The zero-order chi connectivity index (χ0) is 19.3. The molecule has 0 radical (unpaired) electrons. The van der Waals surface area contributed by atoms with Gasteiger partial charge in [0.1, 0.15) is 23.6 Å². The van der Waals surface area contributed by atoms with Crippen molar-refractivity contribution in [1.29, 1.82) is 0 Å². The monoisotopic (exact) mass is 387 g/mol. The molecular formula is C24H18ClNO2. The van der Waals surface area contributed by atoms with Crippen LogP contribution in [0.3, 0.4) is 0 Å². The van der Waals surface area contributed by atoms with Crippen molar-refractivity contribution < 1.29 is 9.84 Å². The summed E-state index contributed by atoms with van der Waals surface area (Å²) in [5.41, 5.74) is 3.56. The van der Waals surface area contributed by atoms with Gasteiger partial charge < -0.3 is 9.84 Å². The Morgan fingerprint density at radius 2 is 1.68 bits per heavy atom. The third-order valence-corrected chi connectivity index (χ3v) is 4.75. The van der Waals surface area contributed by atoms with Crippen LogP contribution < -0.4 is 4.74 Å². The maximum absolute atomic E-state index is 9.38. The molecule has 1 aromatic heterocycles. The van der Waals surface area contributed by atoms with Gasteiger partial charge in [0.2, 0.25) is 0 Å². The molecule has 0 unspecified atom stereocenters. The molecule has 0 atom stereocenters. The number of fused-ring (bicyclic) bond motifs is 1. The molecule has 4 rings (SSSR count). The van der Waals surface area contributed by atoms with Crippen LogP contribution >= 0.6 is 11.6 Å². The van der Waals surface area contributed by atoms with Crippen molar-refractivity contribution in [2.75, 3.05) is 0 Å². The van der Waals surface area contributed by atoms with Gasteiger partial charge in [-0.2, -0.15) is 0 Å². The average Bonchev–Trinajstić information content (AvgIpc) is 2.73. The molecule has 0 aliphatic heterocycles. The van der Waals surface area contributed by atoms with Crippen LogP contribution in [0, 0.1) is 0 Å². The van der Waals surface area contributed by atoms with Crippen LogP contribution in [0.2, 0.25) is 5.02 Å². The smallest absolute Gasteiger partial charge is 0.146 e. The lowest BCUT2D eigenvalue weighted by molar-refractivity contribution is 0.309. The van der Waals surface area contributed by atoms with Gasteiger partial charge in [-0.05, 0) is 42.0 Å². The van der Waals surface area contributed by atoms with Gasteiger partial charge in [-0.3, -0.25) is 0 Å². The highest BCUT2D eigenvalue weighted by atomic mass is 35.5. The molecule has 3 nitrogen and oxygen atoms in total. The van der Waals surface area contributed by atoms with E-state index in [0.29, 0.717) is 11.6 Å². The maximum Gasteiger partial charge on any atom is 0.146 e. The zero-order valence-corrected chi connectivity index (χ0v) is 15.8. The number of benzene rings is 3. The molecule has 0 aliphatic rings. The van der Waals surface area contributed by atoms with E-state index in [1.807, 2.05) is 78.9 Å². The van der Waals surface area contributed by atoms with Gasteiger partial charge in [0.25, 0.3) is 0 Å². The quantitative estimate of drug-likeness (QED) is 0.434. The van der Waals surface area contributed by atoms with Crippen molar-refractivity contribution in [3.8, 4) is 11.5 Å². The van der Waals surface area contributed by atoms with Crippen LogP contribution in [0.4, 0.5) is 0 Å². The van der Waals surface area contributed by atoms with E-state index in [-0.39, 0.29) is 5.75 Å². The fraction of sp³-hybridized carbons (Fsp3) is 0.0417. The average molecular weight is 388 g/mol. The number of nitrogens with zero attached hydrogens (tertiary/aromatic N) is 1. The standard InChI is InChI=1S/C24H18ClNO2/c25-22-6-2-1-4-19(22)16-28-23-7-3-5-18-11-13-20(26-24(18)23)12-8-17-9-14-21(27)15-10-17/h1-15,27H,16H2. The lowest BCUT2D eigenvalue weighted by Crippen LogP contribution is -1.98. The number of hydrogen-bond acceptors (Lipinski definition) is 3. The van der Waals surface area contributed by atoms with Crippen LogP contribution in [0.5, 0.6) is 11.5 Å². The van der Waals surface area contributed by atoms with E-state index in [2.05, 4.69) is 0 Å². The first-order valence-electron chi connectivity index (χ1n) is 8.92. The molecule has 138 valence electrons. The Labute approximate surface area is 168 Å². The predicted octanol–water partition coefficient (Wildman–Crippen LogP) is 6.34. The molecule has 3 aromatic carbocycles. The molecule has 0 fully saturated rings. The first-order valence-corrected chi connectivity index (χ1v) is 9.30. The fourth-order valence-corrected chi connectivity index (χ4v) is 3.07. The lowest BCUT2D eigenvalue weighted by atomic mass is 10.1. The molecule has 0 saturated carbocycles. The molecule has 1 N–H and O–H groups in total. The second-order valence-electron chi connectivity index (χ2n) is 6.37. The summed E-state index contributed by atoms with van der Waals surface area (Å²) in [6.07, 6.45) is 3.90. The summed E-state index contributed by atoms with van der Waals surface area (Å²) in [7, 11) is 0. The van der Waals surface area contributed by atoms with Crippen LogP contribution in [-0.4, -0.2) is 10.1 Å². The summed E-state index contributed by atoms with van der Waals surface area (Å²) in [6, 6.07) is 24.6. The van der Waals surface area contributed by atoms with Gasteiger partial charge in [0.05, 0.1) is 5.69 Å². The Morgan fingerprint density at radius 1 is 0.857 bits per heavy atom. The number of pyridine rings is 1. The van der Waals surface area contributed by atoms with Gasteiger partial charge >= 0.3 is 0 Å². The van der Waals surface area contributed by atoms with Crippen LogP contribution in [0.15, 0.2) is 78.9 Å². The van der Waals surface area contributed by atoms with Crippen molar-refractivity contribution in [2.24, 2.45) is 0 Å². The predicted molar refractivity (Wildman–Crippen MR) is 115 cm³/mol. The second kappa shape index (κ2) is 8.15. The molecular weight excluding hydrogens is 370 g/mol. The molecule has 0 aliphatic carbocycles. The van der Waals surface area contributed by atoms with Gasteiger partial charge in [0, 0.05) is 16.0 Å². The summed E-state index contributed by atoms with van der Waals surface area (Å²) in [5.74, 6) is 0.971. The first kappa shape index (κ1) is 18.1. The third-order valence-electron chi connectivity index (χ3n) is 4.39. The summed E-state index contributed by atoms with van der Waals surface area (Å²) >= 11 is 6.22. The minimum Gasteiger partial charge on any atom is -0.508 e. The number of phenolic OH excluding ortho intramolecular Hbond substituents is 1.